The minimum Gasteiger partial charge on any atom is -0.454 e. The fourth-order valence-corrected chi connectivity index (χ4v) is 5.30. The molecule has 1 aliphatic carbocycles. The number of ether oxygens (including phenoxy) is 2. The molecule has 2 fully saturated rings. The zero-order valence-electron chi connectivity index (χ0n) is 19.5. The minimum absolute atomic E-state index is 0.0353. The van der Waals surface area contributed by atoms with E-state index in [2.05, 4.69) is 27.3 Å². The molecule has 5 rings (SSSR count). The Hall–Kier alpha value is -3.24. The summed E-state index contributed by atoms with van der Waals surface area (Å²) >= 11 is 0. The smallest absolute Gasteiger partial charge is 0.251 e. The molecule has 1 amide bonds. The van der Waals surface area contributed by atoms with Gasteiger partial charge >= 0.3 is 0 Å². The highest BCUT2D eigenvalue weighted by molar-refractivity contribution is 5.94. The van der Waals surface area contributed by atoms with Crippen LogP contribution in [0.25, 0.3) is 0 Å². The number of piperazine rings is 1. The first-order valence-electron chi connectivity index (χ1n) is 12.4. The molecule has 178 valence electrons. The summed E-state index contributed by atoms with van der Waals surface area (Å²) in [6, 6.07) is 15.3. The Bertz CT molecular complexity index is 1030. The van der Waals surface area contributed by atoms with Gasteiger partial charge in [-0.05, 0) is 81.0 Å². The van der Waals surface area contributed by atoms with Crippen molar-refractivity contribution in [3.63, 3.8) is 0 Å². The maximum absolute atomic E-state index is 12.5. The first-order valence-corrected chi connectivity index (χ1v) is 12.4. The molecule has 0 atom stereocenters. The molecule has 1 saturated heterocycles. The molecular formula is C27H32N4O3. The molecule has 1 saturated carbocycles. The van der Waals surface area contributed by atoms with E-state index in [1.165, 1.54) is 19.3 Å². The molecule has 0 aromatic heterocycles. The van der Waals surface area contributed by atoms with Crippen molar-refractivity contribution in [2.75, 3.05) is 44.4 Å². The maximum atomic E-state index is 12.5. The standard InChI is InChI=1S/C27H32N4O3/c28-18-21-4-8-22(9-5-21)27(32)29-23-10-6-20(7-11-23)12-13-30-14-16-31(17-15-30)24-2-1-3-25-26(24)34-19-33-25/h1-5,8-9,20,23H,6-7,10-17,19H2,(H,29,32). The molecular weight excluding hydrogens is 428 g/mol. The summed E-state index contributed by atoms with van der Waals surface area (Å²) in [5, 5.41) is 12.1. The van der Waals surface area contributed by atoms with Crippen molar-refractivity contribution in [3.8, 4) is 17.6 Å². The zero-order chi connectivity index (χ0) is 23.3. The van der Waals surface area contributed by atoms with Gasteiger partial charge in [-0.1, -0.05) is 6.07 Å². The number of nitrogens with one attached hydrogen (secondary N) is 1. The molecule has 7 heteroatoms. The summed E-state index contributed by atoms with van der Waals surface area (Å²) in [5.74, 6) is 2.44. The molecule has 3 aliphatic rings. The summed E-state index contributed by atoms with van der Waals surface area (Å²) in [6.07, 6.45) is 5.66. The number of fused-ring (bicyclic) bond motifs is 1. The predicted octanol–water partition coefficient (Wildman–Crippen LogP) is 3.79. The van der Waals surface area contributed by atoms with Gasteiger partial charge in [-0.15, -0.1) is 0 Å². The number of nitrogens with zero attached hydrogens (tertiary/aromatic N) is 3. The van der Waals surface area contributed by atoms with Crippen molar-refractivity contribution in [2.24, 2.45) is 5.92 Å². The van der Waals surface area contributed by atoms with Crippen LogP contribution in [0.5, 0.6) is 11.5 Å². The van der Waals surface area contributed by atoms with Gasteiger partial charge in [0.25, 0.3) is 5.91 Å². The van der Waals surface area contributed by atoms with Gasteiger partial charge in [0.05, 0.1) is 17.3 Å². The third kappa shape index (κ3) is 5.13. The van der Waals surface area contributed by atoms with Crippen molar-refractivity contribution < 1.29 is 14.3 Å². The molecule has 0 spiro atoms. The van der Waals surface area contributed by atoms with Gasteiger partial charge in [-0.25, -0.2) is 0 Å². The highest BCUT2D eigenvalue weighted by Gasteiger charge is 2.26. The predicted molar refractivity (Wildman–Crippen MR) is 130 cm³/mol. The van der Waals surface area contributed by atoms with E-state index in [0.29, 0.717) is 17.9 Å². The second-order valence-electron chi connectivity index (χ2n) is 9.51. The van der Waals surface area contributed by atoms with Crippen LogP contribution >= 0.6 is 0 Å². The van der Waals surface area contributed by atoms with Crippen LogP contribution in [-0.2, 0) is 0 Å². The number of anilines is 1. The van der Waals surface area contributed by atoms with E-state index in [9.17, 15) is 4.79 Å². The number of rotatable bonds is 6. The van der Waals surface area contributed by atoms with Crippen molar-refractivity contribution >= 4 is 11.6 Å². The summed E-state index contributed by atoms with van der Waals surface area (Å²) in [7, 11) is 0. The van der Waals surface area contributed by atoms with Gasteiger partial charge in [0.15, 0.2) is 11.5 Å². The topological polar surface area (TPSA) is 77.8 Å². The van der Waals surface area contributed by atoms with Gasteiger partial charge in [0.2, 0.25) is 6.79 Å². The Labute approximate surface area is 201 Å². The second-order valence-corrected chi connectivity index (χ2v) is 9.51. The fraction of sp³-hybridized carbons (Fsp3) is 0.481. The summed E-state index contributed by atoms with van der Waals surface area (Å²) < 4.78 is 11.2. The molecule has 2 aromatic carbocycles. The minimum atomic E-state index is -0.0353. The Morgan fingerprint density at radius 2 is 1.76 bits per heavy atom. The lowest BCUT2D eigenvalue weighted by molar-refractivity contribution is 0.0919. The first-order chi connectivity index (χ1) is 16.7. The summed E-state index contributed by atoms with van der Waals surface area (Å²) in [6.45, 7) is 5.61. The lowest BCUT2D eigenvalue weighted by atomic mass is 9.84. The highest BCUT2D eigenvalue weighted by atomic mass is 16.7. The number of carbonyl (C=O) groups is 1. The van der Waals surface area contributed by atoms with E-state index >= 15 is 0 Å². The molecule has 0 unspecified atom stereocenters. The first kappa shape index (κ1) is 22.5. The van der Waals surface area contributed by atoms with Crippen LogP contribution in [0.2, 0.25) is 0 Å². The van der Waals surface area contributed by atoms with Gasteiger partial charge in [-0.2, -0.15) is 5.26 Å². The molecule has 0 bridgehead atoms. The number of carbonyl (C=O) groups excluding carboxylic acids is 1. The Balaban J connectivity index is 1.02. The van der Waals surface area contributed by atoms with Gasteiger partial charge in [0, 0.05) is 37.8 Å². The largest absolute Gasteiger partial charge is 0.454 e. The Kier molecular flexibility index (Phi) is 6.87. The third-order valence-corrected chi connectivity index (χ3v) is 7.40. The number of benzene rings is 2. The second kappa shape index (κ2) is 10.4. The lowest BCUT2D eigenvalue weighted by Gasteiger charge is -2.37. The van der Waals surface area contributed by atoms with Gasteiger partial charge in [0.1, 0.15) is 0 Å². The Morgan fingerprint density at radius 3 is 2.50 bits per heavy atom. The lowest BCUT2D eigenvalue weighted by Crippen LogP contribution is -2.47. The van der Waals surface area contributed by atoms with Gasteiger partial charge in [-0.3, -0.25) is 9.69 Å². The molecule has 1 N–H and O–H groups in total. The maximum Gasteiger partial charge on any atom is 0.251 e. The van der Waals surface area contributed by atoms with Crippen LogP contribution in [0, 0.1) is 17.2 Å². The van der Waals surface area contributed by atoms with Crippen LogP contribution in [0.3, 0.4) is 0 Å². The Morgan fingerprint density at radius 1 is 1.00 bits per heavy atom. The van der Waals surface area contributed by atoms with Crippen LogP contribution in [0.1, 0.15) is 48.0 Å². The average Bonchev–Trinajstić information content (AvgIpc) is 3.38. The van der Waals surface area contributed by atoms with Crippen molar-refractivity contribution in [1.29, 1.82) is 5.26 Å². The number of para-hydroxylation sites is 1. The fourth-order valence-electron chi connectivity index (χ4n) is 5.30. The van der Waals surface area contributed by atoms with Crippen molar-refractivity contribution in [2.45, 2.75) is 38.1 Å². The molecule has 2 heterocycles. The van der Waals surface area contributed by atoms with Crippen molar-refractivity contribution in [1.82, 2.24) is 10.2 Å². The van der Waals surface area contributed by atoms with E-state index in [1.54, 1.807) is 24.3 Å². The summed E-state index contributed by atoms with van der Waals surface area (Å²) in [5.41, 5.74) is 2.35. The van der Waals surface area contributed by atoms with Crippen LogP contribution < -0.4 is 19.7 Å². The highest BCUT2D eigenvalue weighted by Crippen LogP contribution is 2.41. The van der Waals surface area contributed by atoms with E-state index in [1.807, 2.05) is 12.1 Å². The van der Waals surface area contributed by atoms with Crippen molar-refractivity contribution in [3.05, 3.63) is 53.6 Å². The normalized spacial score (nSPS) is 22.3. The van der Waals surface area contributed by atoms with E-state index < -0.39 is 0 Å². The zero-order valence-corrected chi connectivity index (χ0v) is 19.5. The number of nitriles is 1. The van der Waals surface area contributed by atoms with E-state index in [-0.39, 0.29) is 11.9 Å². The van der Waals surface area contributed by atoms with Crippen LogP contribution in [0.4, 0.5) is 5.69 Å². The third-order valence-electron chi connectivity index (χ3n) is 7.40. The number of amides is 1. The number of hydrogen-bond donors (Lipinski definition) is 1. The van der Waals surface area contributed by atoms with E-state index in [4.69, 9.17) is 14.7 Å². The average molecular weight is 461 g/mol. The van der Waals surface area contributed by atoms with Crippen LogP contribution in [0.15, 0.2) is 42.5 Å². The molecule has 34 heavy (non-hydrogen) atoms. The summed E-state index contributed by atoms with van der Waals surface area (Å²) in [4.78, 5) is 17.5. The number of hydrogen-bond acceptors (Lipinski definition) is 6. The molecule has 2 aliphatic heterocycles. The molecule has 2 aromatic rings. The molecule has 0 radical (unpaired) electrons. The van der Waals surface area contributed by atoms with E-state index in [0.717, 1.165) is 68.7 Å². The SMILES string of the molecule is N#Cc1ccc(C(=O)NC2CCC(CCN3CCN(c4cccc5c4OCO5)CC3)CC2)cc1. The monoisotopic (exact) mass is 460 g/mol. The van der Waals surface area contributed by atoms with Crippen LogP contribution in [-0.4, -0.2) is 56.4 Å². The van der Waals surface area contributed by atoms with Gasteiger partial charge < -0.3 is 19.7 Å². The quantitative estimate of drug-likeness (QED) is 0.707. The molecule has 7 nitrogen and oxygen atoms in total.